The maximum absolute atomic E-state index is 12.6. The fourth-order valence-corrected chi connectivity index (χ4v) is 4.38. The quantitative estimate of drug-likeness (QED) is 0.634. The predicted molar refractivity (Wildman–Crippen MR) is 104 cm³/mol. The van der Waals surface area contributed by atoms with Gasteiger partial charge in [0.25, 0.3) is 0 Å². The molecule has 8 nitrogen and oxygen atoms in total. The van der Waals surface area contributed by atoms with Crippen molar-refractivity contribution in [2.45, 2.75) is 44.2 Å². The van der Waals surface area contributed by atoms with E-state index >= 15 is 0 Å². The zero-order valence-electron chi connectivity index (χ0n) is 16.4. The summed E-state index contributed by atoms with van der Waals surface area (Å²) in [6, 6.07) is 1.95. The Morgan fingerprint density at radius 2 is 2.07 bits per heavy atom. The van der Waals surface area contributed by atoms with Crippen molar-refractivity contribution in [3.8, 4) is 0 Å². The summed E-state index contributed by atoms with van der Waals surface area (Å²) >= 11 is 0. The van der Waals surface area contributed by atoms with Crippen LogP contribution in [0.5, 0.6) is 0 Å². The average Bonchev–Trinajstić information content (AvgIpc) is 3.33. The van der Waals surface area contributed by atoms with E-state index in [0.717, 1.165) is 47.9 Å². The van der Waals surface area contributed by atoms with E-state index in [9.17, 15) is 18.0 Å². The van der Waals surface area contributed by atoms with Crippen LogP contribution in [0.15, 0.2) is 18.6 Å². The van der Waals surface area contributed by atoms with E-state index in [1.807, 2.05) is 12.3 Å². The third-order valence-corrected chi connectivity index (χ3v) is 5.81. The molecule has 0 saturated heterocycles. The number of halogens is 3. The van der Waals surface area contributed by atoms with Gasteiger partial charge in [0.05, 0.1) is 5.69 Å². The first-order chi connectivity index (χ1) is 14.4. The van der Waals surface area contributed by atoms with Gasteiger partial charge in [0.15, 0.2) is 0 Å². The SMILES string of the molecule is NCCN(CC1CCC(c2nnn3cnc4[nH]ccc4c23)CC1)C(=O)CC(F)(F)F. The van der Waals surface area contributed by atoms with Gasteiger partial charge in [-0.1, -0.05) is 5.21 Å². The molecular weight excluding hydrogens is 399 g/mol. The molecule has 0 aromatic carbocycles. The van der Waals surface area contributed by atoms with Gasteiger partial charge in [-0.05, 0) is 37.7 Å². The predicted octanol–water partition coefficient (Wildman–Crippen LogP) is 2.62. The summed E-state index contributed by atoms with van der Waals surface area (Å²) in [7, 11) is 0. The molecule has 0 radical (unpaired) electrons. The smallest absolute Gasteiger partial charge is 0.346 e. The number of nitrogens with zero attached hydrogens (tertiary/aromatic N) is 5. The number of H-pyrrole nitrogens is 1. The molecule has 1 fully saturated rings. The maximum atomic E-state index is 12.6. The second-order valence-electron chi connectivity index (χ2n) is 7.89. The van der Waals surface area contributed by atoms with Crippen LogP contribution in [0, 0.1) is 5.92 Å². The summed E-state index contributed by atoms with van der Waals surface area (Å²) in [4.78, 5) is 20.7. The van der Waals surface area contributed by atoms with Crippen molar-refractivity contribution in [3.63, 3.8) is 0 Å². The molecule has 0 bridgehead atoms. The molecule has 11 heteroatoms. The van der Waals surface area contributed by atoms with Gasteiger partial charge in [-0.3, -0.25) is 4.79 Å². The third kappa shape index (κ3) is 4.25. The summed E-state index contributed by atoms with van der Waals surface area (Å²) in [5.41, 5.74) is 8.15. The lowest BCUT2D eigenvalue weighted by Crippen LogP contribution is -2.41. The van der Waals surface area contributed by atoms with Gasteiger partial charge >= 0.3 is 6.18 Å². The van der Waals surface area contributed by atoms with Gasteiger partial charge in [-0.2, -0.15) is 13.2 Å². The highest BCUT2D eigenvalue weighted by Crippen LogP contribution is 2.38. The van der Waals surface area contributed by atoms with Gasteiger partial charge in [0.1, 0.15) is 23.9 Å². The number of nitrogens with two attached hydrogens (primary N) is 1. The highest BCUT2D eigenvalue weighted by atomic mass is 19.4. The number of fused-ring (bicyclic) bond motifs is 3. The van der Waals surface area contributed by atoms with Crippen LogP contribution in [-0.2, 0) is 4.79 Å². The number of hydrogen-bond acceptors (Lipinski definition) is 5. The molecule has 3 heterocycles. The molecule has 162 valence electrons. The Morgan fingerprint density at radius 3 is 2.77 bits per heavy atom. The van der Waals surface area contributed by atoms with E-state index in [1.165, 1.54) is 4.90 Å². The fraction of sp³-hybridized carbons (Fsp3) is 0.579. The van der Waals surface area contributed by atoms with Crippen molar-refractivity contribution in [1.29, 1.82) is 0 Å². The Bertz CT molecular complexity index is 1020. The monoisotopic (exact) mass is 423 g/mol. The van der Waals surface area contributed by atoms with E-state index in [1.54, 1.807) is 10.8 Å². The summed E-state index contributed by atoms with van der Waals surface area (Å²) in [6.45, 7) is 0.599. The van der Waals surface area contributed by atoms with Crippen molar-refractivity contribution >= 4 is 22.5 Å². The number of nitrogens with one attached hydrogen (secondary N) is 1. The van der Waals surface area contributed by atoms with E-state index < -0.39 is 18.5 Å². The zero-order chi connectivity index (χ0) is 21.3. The summed E-state index contributed by atoms with van der Waals surface area (Å²) < 4.78 is 39.5. The van der Waals surface area contributed by atoms with Gasteiger partial charge < -0.3 is 15.6 Å². The molecule has 1 aliphatic rings. The molecule has 3 N–H and O–H groups in total. The molecule has 3 aromatic heterocycles. The number of aromatic nitrogens is 5. The Kier molecular flexibility index (Phi) is 5.63. The normalized spacial score (nSPS) is 20.1. The molecule has 0 spiro atoms. The zero-order valence-corrected chi connectivity index (χ0v) is 16.4. The van der Waals surface area contributed by atoms with E-state index in [2.05, 4.69) is 20.3 Å². The largest absolute Gasteiger partial charge is 0.397 e. The van der Waals surface area contributed by atoms with Crippen LogP contribution in [0.4, 0.5) is 13.2 Å². The van der Waals surface area contributed by atoms with Crippen molar-refractivity contribution in [3.05, 3.63) is 24.3 Å². The minimum Gasteiger partial charge on any atom is -0.346 e. The van der Waals surface area contributed by atoms with Gasteiger partial charge in [-0.15, -0.1) is 5.10 Å². The van der Waals surface area contributed by atoms with Crippen LogP contribution in [0.1, 0.15) is 43.7 Å². The standard InChI is InChI=1S/C19H24F3N7O/c20-19(21,22)9-15(30)28(8-6-23)10-12-1-3-13(4-2-12)16-17-14-5-7-24-18(14)25-11-29(17)27-26-16/h5,7,11-13,24H,1-4,6,8-10,23H2. The first kappa shape index (κ1) is 20.6. The lowest BCUT2D eigenvalue weighted by Gasteiger charge is -2.32. The number of alkyl halides is 3. The van der Waals surface area contributed by atoms with Crippen molar-refractivity contribution < 1.29 is 18.0 Å². The molecule has 1 saturated carbocycles. The highest BCUT2D eigenvalue weighted by Gasteiger charge is 2.35. The number of amides is 1. The minimum absolute atomic E-state index is 0.142. The third-order valence-electron chi connectivity index (χ3n) is 5.81. The first-order valence-electron chi connectivity index (χ1n) is 10.1. The van der Waals surface area contributed by atoms with Crippen molar-refractivity contribution in [2.75, 3.05) is 19.6 Å². The number of carbonyl (C=O) groups excluding carboxylic acids is 1. The fourth-order valence-electron chi connectivity index (χ4n) is 4.38. The number of hydrogen-bond donors (Lipinski definition) is 2. The minimum atomic E-state index is -4.50. The van der Waals surface area contributed by atoms with Crippen molar-refractivity contribution in [1.82, 2.24) is 29.7 Å². The molecule has 30 heavy (non-hydrogen) atoms. The van der Waals surface area contributed by atoms with Crippen LogP contribution in [0.3, 0.4) is 0 Å². The van der Waals surface area contributed by atoms with E-state index in [0.29, 0.717) is 6.54 Å². The molecular formula is C19H24F3N7O. The number of aromatic amines is 1. The Labute approximate surface area is 170 Å². The molecule has 1 aliphatic carbocycles. The second-order valence-corrected chi connectivity index (χ2v) is 7.89. The molecule has 4 rings (SSSR count). The lowest BCUT2D eigenvalue weighted by molar-refractivity contribution is -0.161. The summed E-state index contributed by atoms with van der Waals surface area (Å²) in [6.07, 6.45) is 0.832. The Hall–Kier alpha value is -2.69. The Balaban J connectivity index is 1.43. The first-order valence-corrected chi connectivity index (χ1v) is 10.1. The van der Waals surface area contributed by atoms with Gasteiger partial charge in [0, 0.05) is 37.1 Å². The average molecular weight is 423 g/mol. The summed E-state index contributed by atoms with van der Waals surface area (Å²) in [5, 5.41) is 9.54. The number of rotatable bonds is 6. The van der Waals surface area contributed by atoms with Gasteiger partial charge in [0.2, 0.25) is 5.91 Å². The van der Waals surface area contributed by atoms with E-state index in [-0.39, 0.29) is 24.9 Å². The Morgan fingerprint density at radius 1 is 1.30 bits per heavy atom. The molecule has 1 amide bonds. The van der Waals surface area contributed by atoms with Crippen LogP contribution < -0.4 is 5.73 Å². The van der Waals surface area contributed by atoms with Crippen LogP contribution in [-0.4, -0.2) is 61.4 Å². The molecule has 0 aliphatic heterocycles. The van der Waals surface area contributed by atoms with E-state index in [4.69, 9.17) is 5.73 Å². The topological polar surface area (TPSA) is 105 Å². The molecule has 3 aromatic rings. The summed E-state index contributed by atoms with van der Waals surface area (Å²) in [5.74, 6) is -0.532. The molecule has 0 atom stereocenters. The van der Waals surface area contributed by atoms with Crippen LogP contribution in [0.25, 0.3) is 16.6 Å². The van der Waals surface area contributed by atoms with Crippen LogP contribution >= 0.6 is 0 Å². The van der Waals surface area contributed by atoms with Crippen molar-refractivity contribution in [2.24, 2.45) is 11.7 Å². The maximum Gasteiger partial charge on any atom is 0.397 e. The van der Waals surface area contributed by atoms with Gasteiger partial charge in [-0.25, -0.2) is 9.50 Å². The lowest BCUT2D eigenvalue weighted by atomic mass is 9.80. The molecule has 0 unspecified atom stereocenters. The van der Waals surface area contributed by atoms with Crippen LogP contribution in [0.2, 0.25) is 0 Å². The number of carbonyl (C=O) groups is 1. The second kappa shape index (κ2) is 8.21. The highest BCUT2D eigenvalue weighted by molar-refractivity contribution is 5.92.